The summed E-state index contributed by atoms with van der Waals surface area (Å²) in [6.45, 7) is 0. The Morgan fingerprint density at radius 2 is 1.68 bits per heavy atom. The third-order valence-electron chi connectivity index (χ3n) is 4.03. The maximum atomic E-state index is 12.6. The molecule has 5 heteroatoms. The zero-order chi connectivity index (χ0) is 17.4. The molecule has 0 atom stereocenters. The molecule has 0 saturated carbocycles. The van der Waals surface area contributed by atoms with Crippen molar-refractivity contribution < 1.29 is 14.3 Å². The minimum Gasteiger partial charge on any atom is -0.507 e. The second kappa shape index (κ2) is 5.79. The molecule has 25 heavy (non-hydrogen) atoms. The molecule has 0 bridgehead atoms. The number of nitrogens with one attached hydrogen (secondary N) is 1. The Kier molecular flexibility index (Phi) is 3.47. The monoisotopic (exact) mass is 331 g/mol. The number of anilines is 1. The van der Waals surface area contributed by atoms with Gasteiger partial charge in [-0.25, -0.2) is 4.79 Å². The first-order valence-corrected chi connectivity index (χ1v) is 7.68. The lowest BCUT2D eigenvalue weighted by Crippen LogP contribution is -2.20. The summed E-state index contributed by atoms with van der Waals surface area (Å²) >= 11 is 0. The summed E-state index contributed by atoms with van der Waals surface area (Å²) in [5, 5.41) is 14.6. The molecule has 0 saturated heterocycles. The number of carbonyl (C=O) groups excluding carboxylic acids is 1. The van der Waals surface area contributed by atoms with E-state index in [0.29, 0.717) is 27.4 Å². The smallest absolute Gasteiger partial charge is 0.349 e. The van der Waals surface area contributed by atoms with Crippen LogP contribution in [0.4, 0.5) is 5.69 Å². The van der Waals surface area contributed by atoms with Crippen LogP contribution in [0.5, 0.6) is 5.75 Å². The molecule has 1 amide bonds. The molecule has 0 aliphatic carbocycles. The summed E-state index contributed by atoms with van der Waals surface area (Å²) < 4.78 is 5.20. The Morgan fingerprint density at radius 1 is 0.920 bits per heavy atom. The van der Waals surface area contributed by atoms with Gasteiger partial charge < -0.3 is 14.8 Å². The van der Waals surface area contributed by atoms with E-state index in [9.17, 15) is 14.7 Å². The Labute approximate surface area is 142 Å². The molecule has 2 N–H and O–H groups in total. The number of hydrogen-bond donors (Lipinski definition) is 2. The van der Waals surface area contributed by atoms with E-state index < -0.39 is 11.5 Å². The summed E-state index contributed by atoms with van der Waals surface area (Å²) in [5.74, 6) is -0.436. The molecular weight excluding hydrogens is 318 g/mol. The number of phenolic OH excluding ortho intramolecular Hbond substituents is 1. The van der Waals surface area contributed by atoms with E-state index in [-0.39, 0.29) is 11.3 Å². The highest BCUT2D eigenvalue weighted by Crippen LogP contribution is 2.30. The largest absolute Gasteiger partial charge is 0.507 e. The van der Waals surface area contributed by atoms with Crippen molar-refractivity contribution in [2.45, 2.75) is 0 Å². The quantitative estimate of drug-likeness (QED) is 0.546. The second-order valence-electron chi connectivity index (χ2n) is 5.62. The summed E-state index contributed by atoms with van der Waals surface area (Å²) in [6.07, 6.45) is 0. The van der Waals surface area contributed by atoms with Crippen LogP contribution in [0.3, 0.4) is 0 Å². The van der Waals surface area contributed by atoms with E-state index in [1.54, 1.807) is 60.7 Å². The van der Waals surface area contributed by atoms with Crippen molar-refractivity contribution in [2.24, 2.45) is 0 Å². The lowest BCUT2D eigenvalue weighted by Gasteiger charge is -2.09. The number of benzene rings is 3. The maximum Gasteiger partial charge on any atom is 0.349 e. The van der Waals surface area contributed by atoms with Crippen molar-refractivity contribution in [2.75, 3.05) is 5.32 Å². The average molecular weight is 331 g/mol. The van der Waals surface area contributed by atoms with Gasteiger partial charge in [0.15, 0.2) is 0 Å². The Bertz CT molecular complexity index is 1180. The molecule has 0 spiro atoms. The topological polar surface area (TPSA) is 79.5 Å². The molecule has 1 heterocycles. The zero-order valence-corrected chi connectivity index (χ0v) is 13.0. The fraction of sp³-hybridized carbons (Fsp3) is 0. The number of phenols is 1. The van der Waals surface area contributed by atoms with E-state index in [1.165, 1.54) is 6.07 Å². The fourth-order valence-electron chi connectivity index (χ4n) is 2.81. The van der Waals surface area contributed by atoms with Crippen LogP contribution in [0.25, 0.3) is 21.7 Å². The van der Waals surface area contributed by atoms with E-state index >= 15 is 0 Å². The fourth-order valence-corrected chi connectivity index (χ4v) is 2.81. The maximum absolute atomic E-state index is 12.6. The predicted molar refractivity (Wildman–Crippen MR) is 96.1 cm³/mol. The van der Waals surface area contributed by atoms with Crippen LogP contribution >= 0.6 is 0 Å². The normalized spacial score (nSPS) is 10.9. The number of para-hydroxylation sites is 1. The van der Waals surface area contributed by atoms with Gasteiger partial charge in [0, 0.05) is 21.8 Å². The van der Waals surface area contributed by atoms with Crippen molar-refractivity contribution in [3.05, 3.63) is 82.7 Å². The number of amides is 1. The molecule has 0 unspecified atom stereocenters. The molecule has 0 aliphatic rings. The van der Waals surface area contributed by atoms with Crippen molar-refractivity contribution in [3.8, 4) is 5.75 Å². The van der Waals surface area contributed by atoms with Crippen molar-refractivity contribution in [3.63, 3.8) is 0 Å². The first-order chi connectivity index (χ1) is 12.1. The van der Waals surface area contributed by atoms with Crippen molar-refractivity contribution >= 4 is 33.3 Å². The van der Waals surface area contributed by atoms with Gasteiger partial charge in [0.1, 0.15) is 16.9 Å². The first-order valence-electron chi connectivity index (χ1n) is 7.68. The zero-order valence-electron chi connectivity index (χ0n) is 13.0. The van der Waals surface area contributed by atoms with E-state index in [0.717, 1.165) is 0 Å². The third-order valence-corrected chi connectivity index (χ3v) is 4.03. The van der Waals surface area contributed by atoms with Gasteiger partial charge in [-0.05, 0) is 24.3 Å². The summed E-state index contributed by atoms with van der Waals surface area (Å²) in [7, 11) is 0. The van der Waals surface area contributed by atoms with Gasteiger partial charge in [0.2, 0.25) is 0 Å². The second-order valence-corrected chi connectivity index (χ2v) is 5.62. The number of carbonyl (C=O) groups is 1. The van der Waals surface area contributed by atoms with Gasteiger partial charge in [0.25, 0.3) is 5.91 Å². The predicted octanol–water partition coefficient (Wildman–Crippen LogP) is 3.90. The number of aromatic hydroxyl groups is 1. The number of hydrogen-bond acceptors (Lipinski definition) is 4. The van der Waals surface area contributed by atoms with Crippen LogP contribution in [0, 0.1) is 0 Å². The van der Waals surface area contributed by atoms with Gasteiger partial charge >= 0.3 is 5.63 Å². The Balaban J connectivity index is 1.77. The molecule has 122 valence electrons. The molecule has 3 aromatic carbocycles. The average Bonchev–Trinajstić information content (AvgIpc) is 2.62. The van der Waals surface area contributed by atoms with Crippen LogP contribution in [0.1, 0.15) is 10.4 Å². The highest BCUT2D eigenvalue weighted by atomic mass is 16.4. The molecule has 4 aromatic rings. The van der Waals surface area contributed by atoms with E-state index in [2.05, 4.69) is 5.32 Å². The van der Waals surface area contributed by atoms with Gasteiger partial charge in [-0.3, -0.25) is 4.79 Å². The Morgan fingerprint density at radius 3 is 2.56 bits per heavy atom. The Hall–Kier alpha value is -3.60. The SMILES string of the molecule is O=C(Nc1cccc2c(O)cccc12)c1cc2ccccc2oc1=O. The highest BCUT2D eigenvalue weighted by molar-refractivity contribution is 6.10. The lowest BCUT2D eigenvalue weighted by molar-refractivity contribution is 0.102. The van der Waals surface area contributed by atoms with Crippen LogP contribution in [0.2, 0.25) is 0 Å². The van der Waals surface area contributed by atoms with Crippen molar-refractivity contribution in [1.82, 2.24) is 0 Å². The van der Waals surface area contributed by atoms with Crippen LogP contribution in [-0.2, 0) is 0 Å². The van der Waals surface area contributed by atoms with Gasteiger partial charge in [-0.2, -0.15) is 0 Å². The minimum absolute atomic E-state index is 0.0733. The lowest BCUT2D eigenvalue weighted by atomic mass is 10.1. The van der Waals surface area contributed by atoms with Gasteiger partial charge in [-0.15, -0.1) is 0 Å². The van der Waals surface area contributed by atoms with E-state index in [4.69, 9.17) is 4.42 Å². The molecule has 4 rings (SSSR count). The molecular formula is C20H13NO4. The minimum atomic E-state index is -0.695. The molecule has 0 radical (unpaired) electrons. The van der Waals surface area contributed by atoms with E-state index in [1.807, 2.05) is 0 Å². The van der Waals surface area contributed by atoms with Crippen molar-refractivity contribution in [1.29, 1.82) is 0 Å². The molecule has 5 nitrogen and oxygen atoms in total. The number of rotatable bonds is 2. The standard InChI is InChI=1S/C20H13NO4/c22-17-9-4-6-13-14(17)7-3-8-16(13)21-19(23)15-11-12-5-1-2-10-18(12)25-20(15)24/h1-11,22H,(H,21,23). The highest BCUT2D eigenvalue weighted by Gasteiger charge is 2.15. The van der Waals surface area contributed by atoms with Crippen LogP contribution in [-0.4, -0.2) is 11.0 Å². The summed E-state index contributed by atoms with van der Waals surface area (Å²) in [6, 6.07) is 18.8. The number of fused-ring (bicyclic) bond motifs is 2. The molecule has 1 aromatic heterocycles. The summed E-state index contributed by atoms with van der Waals surface area (Å²) in [5.41, 5.74) is 0.167. The van der Waals surface area contributed by atoms with Gasteiger partial charge in [-0.1, -0.05) is 42.5 Å². The third kappa shape index (κ3) is 2.61. The summed E-state index contributed by atoms with van der Waals surface area (Å²) in [4.78, 5) is 24.7. The molecule has 0 fully saturated rings. The van der Waals surface area contributed by atoms with Gasteiger partial charge in [0.05, 0.1) is 0 Å². The van der Waals surface area contributed by atoms with Crippen LogP contribution < -0.4 is 10.9 Å². The molecule has 0 aliphatic heterocycles. The van der Waals surface area contributed by atoms with Crippen LogP contribution in [0.15, 0.2) is 75.9 Å². The first kappa shape index (κ1) is 15.0.